The number of carbonyl (C=O) groups excluding carboxylic acids is 2. The zero-order valence-corrected chi connectivity index (χ0v) is 20.1. The molecule has 2 saturated heterocycles. The van der Waals surface area contributed by atoms with Crippen molar-refractivity contribution in [2.75, 3.05) is 31.1 Å². The second-order valence-corrected chi connectivity index (χ2v) is 10.1. The van der Waals surface area contributed by atoms with E-state index in [-0.39, 0.29) is 17.7 Å². The van der Waals surface area contributed by atoms with Crippen LogP contribution in [0.5, 0.6) is 0 Å². The van der Waals surface area contributed by atoms with Crippen LogP contribution in [-0.2, 0) is 14.3 Å². The molecule has 1 unspecified atom stereocenters. The summed E-state index contributed by atoms with van der Waals surface area (Å²) in [6, 6.07) is 5.56. The zero-order valence-electron chi connectivity index (χ0n) is 18.6. The van der Waals surface area contributed by atoms with Crippen molar-refractivity contribution in [1.82, 2.24) is 10.2 Å². The molecule has 2 heterocycles. The lowest BCUT2D eigenvalue weighted by Crippen LogP contribution is -2.50. The minimum Gasteiger partial charge on any atom is -0.481 e. The van der Waals surface area contributed by atoms with Gasteiger partial charge < -0.3 is 25.0 Å². The van der Waals surface area contributed by atoms with Crippen molar-refractivity contribution >= 4 is 58.4 Å². The Morgan fingerprint density at radius 1 is 1.30 bits per heavy atom. The molecule has 0 bridgehead atoms. The van der Waals surface area contributed by atoms with Crippen LogP contribution >= 0.6 is 23.4 Å². The molecule has 2 aliphatic rings. The molecule has 2 amide bonds. The van der Waals surface area contributed by atoms with E-state index >= 15 is 0 Å². The normalized spacial score (nSPS) is 20.4. The maximum atomic E-state index is 12.2. The molecule has 2 N–H and O–H groups in total. The van der Waals surface area contributed by atoms with Gasteiger partial charge in [0, 0.05) is 37.4 Å². The number of benzene rings is 1. The number of anilines is 1. The summed E-state index contributed by atoms with van der Waals surface area (Å²) in [7, 11) is 0. The third-order valence-corrected chi connectivity index (χ3v) is 6.16. The fourth-order valence-electron chi connectivity index (χ4n) is 3.18. The van der Waals surface area contributed by atoms with E-state index in [9.17, 15) is 14.4 Å². The fraction of sp³-hybridized carbons (Fsp3) is 0.476. The van der Waals surface area contributed by atoms with Crippen LogP contribution < -0.4 is 10.2 Å². The molecule has 33 heavy (non-hydrogen) atoms. The molecule has 2 fully saturated rings. The number of amidine groups is 1. The Hall–Kier alpha value is -2.79. The Kier molecular flexibility index (Phi) is 7.85. The Bertz CT molecular complexity index is 986. The molecule has 12 heteroatoms. The Morgan fingerprint density at radius 2 is 2.00 bits per heavy atom. The van der Waals surface area contributed by atoms with Gasteiger partial charge in [-0.3, -0.25) is 9.59 Å². The van der Waals surface area contributed by atoms with Gasteiger partial charge in [-0.2, -0.15) is 5.10 Å². The Morgan fingerprint density at radius 3 is 2.61 bits per heavy atom. The number of ether oxygens (including phenoxy) is 1. The highest BCUT2D eigenvalue weighted by atomic mass is 35.5. The number of nitrogens with zero attached hydrogens (tertiary/aromatic N) is 4. The Balaban J connectivity index is 1.56. The summed E-state index contributed by atoms with van der Waals surface area (Å²) in [6.45, 7) is 7.96. The summed E-state index contributed by atoms with van der Waals surface area (Å²) in [5.41, 5.74) is 1.06. The smallest absolute Gasteiger partial charge is 0.410 e. The first-order valence-corrected chi connectivity index (χ1v) is 11.6. The summed E-state index contributed by atoms with van der Waals surface area (Å²) in [5, 5.41) is 19.2. The molecular formula is C21H26ClN5O5S. The first-order chi connectivity index (χ1) is 15.5. The van der Waals surface area contributed by atoms with Crippen molar-refractivity contribution in [3.63, 3.8) is 0 Å². The van der Waals surface area contributed by atoms with Gasteiger partial charge in [0.15, 0.2) is 5.17 Å². The van der Waals surface area contributed by atoms with E-state index in [4.69, 9.17) is 21.4 Å². The number of hydrogen-bond acceptors (Lipinski definition) is 8. The summed E-state index contributed by atoms with van der Waals surface area (Å²) in [5.74, 6) is -1.45. The van der Waals surface area contributed by atoms with E-state index in [1.807, 2.05) is 39.0 Å². The van der Waals surface area contributed by atoms with Crippen molar-refractivity contribution in [2.24, 2.45) is 10.2 Å². The standard InChI is InChI=1S/C21H26ClN5O5S/c1-21(2,3)32-20(31)27-8-6-26(7-9-27)14-5-4-13(15(22)10-14)12-23-25-19-24-18(30)16(33-19)11-17(28)29/h4-5,10,12,16H,6-9,11H2,1-3H3,(H,28,29)(H,24,25,30). The molecule has 0 saturated carbocycles. The average molecular weight is 496 g/mol. The first-order valence-electron chi connectivity index (χ1n) is 10.3. The number of halogens is 1. The van der Waals surface area contributed by atoms with Crippen LogP contribution in [0.15, 0.2) is 28.4 Å². The molecule has 178 valence electrons. The maximum Gasteiger partial charge on any atom is 0.410 e. The lowest BCUT2D eigenvalue weighted by atomic mass is 10.2. The third kappa shape index (κ3) is 7.10. The van der Waals surface area contributed by atoms with Gasteiger partial charge in [0.05, 0.1) is 17.7 Å². The largest absolute Gasteiger partial charge is 0.481 e. The van der Waals surface area contributed by atoms with Crippen molar-refractivity contribution in [3.05, 3.63) is 28.8 Å². The topological polar surface area (TPSA) is 124 Å². The number of rotatable bonds is 5. The second kappa shape index (κ2) is 10.4. The highest BCUT2D eigenvalue weighted by molar-refractivity contribution is 8.15. The number of carboxylic acids is 1. The van der Waals surface area contributed by atoms with Gasteiger partial charge in [-0.15, -0.1) is 5.10 Å². The quantitative estimate of drug-likeness (QED) is 0.475. The molecule has 2 aliphatic heterocycles. The molecule has 10 nitrogen and oxygen atoms in total. The van der Waals surface area contributed by atoms with Crippen LogP contribution in [0.25, 0.3) is 0 Å². The number of thioether (sulfide) groups is 1. The van der Waals surface area contributed by atoms with Gasteiger partial charge in [0.1, 0.15) is 10.9 Å². The van der Waals surface area contributed by atoms with Crippen LogP contribution in [0, 0.1) is 0 Å². The molecule has 0 aliphatic carbocycles. The van der Waals surface area contributed by atoms with E-state index in [1.54, 1.807) is 4.90 Å². The molecule has 1 aromatic carbocycles. The van der Waals surface area contributed by atoms with Crippen LogP contribution in [0.3, 0.4) is 0 Å². The van der Waals surface area contributed by atoms with E-state index in [0.29, 0.717) is 36.8 Å². The van der Waals surface area contributed by atoms with Gasteiger partial charge in [0.25, 0.3) is 0 Å². The summed E-state index contributed by atoms with van der Waals surface area (Å²) < 4.78 is 5.43. The van der Waals surface area contributed by atoms with E-state index in [1.165, 1.54) is 6.21 Å². The minimum atomic E-state index is -1.05. The van der Waals surface area contributed by atoms with Gasteiger partial charge in [-0.1, -0.05) is 23.4 Å². The lowest BCUT2D eigenvalue weighted by molar-refractivity contribution is -0.138. The van der Waals surface area contributed by atoms with E-state index in [2.05, 4.69) is 20.4 Å². The van der Waals surface area contributed by atoms with E-state index in [0.717, 1.165) is 17.4 Å². The highest BCUT2D eigenvalue weighted by Gasteiger charge is 2.32. The van der Waals surface area contributed by atoms with Crippen LogP contribution in [0.2, 0.25) is 5.02 Å². The highest BCUT2D eigenvalue weighted by Crippen LogP contribution is 2.25. The summed E-state index contributed by atoms with van der Waals surface area (Å²) in [4.78, 5) is 38.6. The van der Waals surface area contributed by atoms with Gasteiger partial charge in [-0.25, -0.2) is 4.79 Å². The molecular weight excluding hydrogens is 470 g/mol. The summed E-state index contributed by atoms with van der Waals surface area (Å²) in [6.07, 6.45) is 0.884. The number of carboxylic acid groups (broad SMARTS) is 1. The van der Waals surface area contributed by atoms with Crippen LogP contribution in [0.4, 0.5) is 10.5 Å². The number of nitrogens with one attached hydrogen (secondary N) is 1. The number of hydrogen-bond donors (Lipinski definition) is 2. The van der Waals surface area contributed by atoms with Crippen molar-refractivity contribution in [2.45, 2.75) is 38.0 Å². The predicted molar refractivity (Wildman–Crippen MR) is 128 cm³/mol. The van der Waals surface area contributed by atoms with Gasteiger partial charge >= 0.3 is 12.1 Å². The predicted octanol–water partition coefficient (Wildman–Crippen LogP) is 2.79. The fourth-order valence-corrected chi connectivity index (χ4v) is 4.32. The number of aliphatic carboxylic acids is 1. The molecule has 1 atom stereocenters. The minimum absolute atomic E-state index is 0.248. The monoisotopic (exact) mass is 495 g/mol. The maximum absolute atomic E-state index is 12.2. The molecule has 3 rings (SSSR count). The SMILES string of the molecule is CC(C)(C)OC(=O)N1CCN(c2ccc(C=NN=C3NC(=O)C(CC(=O)O)S3)c(Cl)c2)CC1. The van der Waals surface area contributed by atoms with Crippen LogP contribution in [-0.4, -0.2) is 76.4 Å². The van der Waals surface area contributed by atoms with Crippen molar-refractivity contribution in [3.8, 4) is 0 Å². The molecule has 1 aromatic rings. The van der Waals surface area contributed by atoms with E-state index < -0.39 is 22.7 Å². The first kappa shape index (κ1) is 24.8. The molecule has 0 aromatic heterocycles. The van der Waals surface area contributed by atoms with Gasteiger partial charge in [-0.05, 0) is 39.0 Å². The summed E-state index contributed by atoms with van der Waals surface area (Å²) >= 11 is 7.44. The number of carbonyl (C=O) groups is 3. The van der Waals surface area contributed by atoms with Gasteiger partial charge in [0.2, 0.25) is 5.91 Å². The van der Waals surface area contributed by atoms with Crippen LogP contribution in [0.1, 0.15) is 32.8 Å². The number of piperazine rings is 1. The lowest BCUT2D eigenvalue weighted by Gasteiger charge is -2.36. The zero-order chi connectivity index (χ0) is 24.2. The van der Waals surface area contributed by atoms with Crippen molar-refractivity contribution in [1.29, 1.82) is 0 Å². The van der Waals surface area contributed by atoms with Crippen molar-refractivity contribution < 1.29 is 24.2 Å². The molecule has 0 spiro atoms. The average Bonchev–Trinajstić information content (AvgIpc) is 3.06. The Labute approximate surface area is 201 Å². The second-order valence-electron chi connectivity index (χ2n) is 8.50. The number of amides is 2. The third-order valence-electron chi connectivity index (χ3n) is 4.76. The molecule has 0 radical (unpaired) electrons.